The van der Waals surface area contributed by atoms with Crippen LogP contribution in [-0.4, -0.2) is 33.5 Å². The van der Waals surface area contributed by atoms with E-state index in [0.717, 1.165) is 21.4 Å². The molecule has 0 aliphatic carbocycles. The zero-order valence-electron chi connectivity index (χ0n) is 9.95. The molecule has 1 aromatic carbocycles. The molecule has 1 rings (SSSR count). The first-order valence-corrected chi connectivity index (χ1v) is 6.56. The van der Waals surface area contributed by atoms with Crippen LogP contribution in [0.1, 0.15) is 6.42 Å². The van der Waals surface area contributed by atoms with Gasteiger partial charge in [-0.25, -0.2) is 0 Å². The number of hydrogen-bond acceptors (Lipinski definition) is 4. The molecule has 4 nitrogen and oxygen atoms in total. The predicted octanol–water partition coefficient (Wildman–Crippen LogP) is 2.31. The van der Waals surface area contributed by atoms with Gasteiger partial charge >= 0.3 is 0 Å². The van der Waals surface area contributed by atoms with Gasteiger partial charge in [0, 0.05) is 25.8 Å². The number of hydrogen-bond donors (Lipinski definition) is 1. The Morgan fingerprint density at radius 3 is 2.71 bits per heavy atom. The average molecular weight is 351 g/mol. The summed E-state index contributed by atoms with van der Waals surface area (Å²) in [6.07, 6.45) is 0.865. The van der Waals surface area contributed by atoms with Crippen LogP contribution >= 0.6 is 22.6 Å². The topological polar surface area (TPSA) is 53.7 Å². The van der Waals surface area contributed by atoms with Crippen LogP contribution in [0.3, 0.4) is 0 Å². The molecule has 0 saturated carbocycles. The van der Waals surface area contributed by atoms with E-state index in [0.29, 0.717) is 26.4 Å². The van der Waals surface area contributed by atoms with Gasteiger partial charge in [0.1, 0.15) is 5.75 Å². The van der Waals surface area contributed by atoms with E-state index in [1.807, 2.05) is 18.2 Å². The Bertz CT molecular complexity index is 334. The van der Waals surface area contributed by atoms with Crippen molar-refractivity contribution in [2.24, 2.45) is 0 Å². The highest BCUT2D eigenvalue weighted by atomic mass is 127. The monoisotopic (exact) mass is 351 g/mol. The third-order valence-corrected chi connectivity index (χ3v) is 2.92. The van der Waals surface area contributed by atoms with Crippen LogP contribution in [0.4, 0.5) is 5.69 Å². The minimum Gasteiger partial charge on any atom is -0.492 e. The van der Waals surface area contributed by atoms with E-state index < -0.39 is 0 Å². The number of nitrogen functional groups attached to an aromatic ring is 1. The summed E-state index contributed by atoms with van der Waals surface area (Å²) in [5.41, 5.74) is 6.41. The Morgan fingerprint density at radius 1 is 1.18 bits per heavy atom. The lowest BCUT2D eigenvalue weighted by atomic mass is 10.3. The smallest absolute Gasteiger partial charge is 0.132 e. The second kappa shape index (κ2) is 8.54. The number of ether oxygens (including phenoxy) is 3. The number of halogens is 1. The molecule has 0 aliphatic rings. The maximum absolute atomic E-state index is 5.66. The lowest BCUT2D eigenvalue weighted by Gasteiger charge is -2.09. The van der Waals surface area contributed by atoms with Gasteiger partial charge in [-0.2, -0.15) is 0 Å². The van der Waals surface area contributed by atoms with E-state index in [-0.39, 0.29) is 0 Å². The van der Waals surface area contributed by atoms with Crippen LogP contribution in [0.2, 0.25) is 0 Å². The largest absolute Gasteiger partial charge is 0.492 e. The molecule has 0 heterocycles. The normalized spacial score (nSPS) is 10.5. The molecule has 2 N–H and O–H groups in total. The second-order valence-electron chi connectivity index (χ2n) is 3.50. The van der Waals surface area contributed by atoms with E-state index in [4.69, 9.17) is 19.9 Å². The van der Waals surface area contributed by atoms with Gasteiger partial charge in [-0.1, -0.05) is 0 Å². The highest BCUT2D eigenvalue weighted by molar-refractivity contribution is 14.1. The molecule has 0 fully saturated rings. The Balaban J connectivity index is 2.14. The molecule has 17 heavy (non-hydrogen) atoms. The maximum atomic E-state index is 5.66. The molecule has 1 aromatic rings. The van der Waals surface area contributed by atoms with Gasteiger partial charge in [0.05, 0.1) is 23.4 Å². The van der Waals surface area contributed by atoms with E-state index >= 15 is 0 Å². The average Bonchev–Trinajstić information content (AvgIpc) is 2.30. The van der Waals surface area contributed by atoms with Gasteiger partial charge in [0.2, 0.25) is 0 Å². The number of methoxy groups -OCH3 is 1. The Kier molecular flexibility index (Phi) is 7.30. The highest BCUT2D eigenvalue weighted by Crippen LogP contribution is 2.22. The minimum atomic E-state index is 0.635. The zero-order chi connectivity index (χ0) is 12.5. The van der Waals surface area contributed by atoms with Crippen molar-refractivity contribution in [1.29, 1.82) is 0 Å². The van der Waals surface area contributed by atoms with Crippen molar-refractivity contribution in [3.8, 4) is 5.75 Å². The molecule has 0 saturated heterocycles. The van der Waals surface area contributed by atoms with Crippen LogP contribution in [0.25, 0.3) is 0 Å². The lowest BCUT2D eigenvalue weighted by molar-refractivity contribution is 0.0644. The molecule has 96 valence electrons. The summed E-state index contributed by atoms with van der Waals surface area (Å²) in [6, 6.07) is 5.63. The zero-order valence-corrected chi connectivity index (χ0v) is 12.1. The van der Waals surface area contributed by atoms with E-state index in [2.05, 4.69) is 22.6 Å². The summed E-state index contributed by atoms with van der Waals surface area (Å²) in [5, 5.41) is 0. The molecule has 0 aromatic heterocycles. The molecule has 0 bridgehead atoms. The van der Waals surface area contributed by atoms with Crippen molar-refractivity contribution < 1.29 is 14.2 Å². The summed E-state index contributed by atoms with van der Waals surface area (Å²) < 4.78 is 16.9. The van der Waals surface area contributed by atoms with Crippen molar-refractivity contribution in [1.82, 2.24) is 0 Å². The third-order valence-electron chi connectivity index (χ3n) is 2.08. The van der Waals surface area contributed by atoms with Gasteiger partial charge < -0.3 is 19.9 Å². The van der Waals surface area contributed by atoms with Gasteiger partial charge in [0.15, 0.2) is 0 Å². The van der Waals surface area contributed by atoms with E-state index in [1.165, 1.54) is 0 Å². The molecule has 0 radical (unpaired) electrons. The number of rotatable bonds is 8. The first kappa shape index (κ1) is 14.5. The predicted molar refractivity (Wildman–Crippen MR) is 76.4 cm³/mol. The SMILES string of the molecule is COCCOCCCOc1ccc(N)cc1I. The summed E-state index contributed by atoms with van der Waals surface area (Å²) in [7, 11) is 1.66. The van der Waals surface area contributed by atoms with Crippen molar-refractivity contribution in [2.45, 2.75) is 6.42 Å². The molecular weight excluding hydrogens is 333 g/mol. The quantitative estimate of drug-likeness (QED) is 0.444. The molecule has 0 atom stereocenters. The lowest BCUT2D eigenvalue weighted by Crippen LogP contribution is -2.07. The third kappa shape index (κ3) is 6.09. The van der Waals surface area contributed by atoms with Gasteiger partial charge in [-0.3, -0.25) is 0 Å². The summed E-state index contributed by atoms with van der Waals surface area (Å²) in [6.45, 7) is 2.61. The molecule has 0 amide bonds. The summed E-state index contributed by atoms with van der Waals surface area (Å²) >= 11 is 2.21. The number of anilines is 1. The first-order valence-electron chi connectivity index (χ1n) is 5.48. The van der Waals surface area contributed by atoms with Crippen LogP contribution in [0.5, 0.6) is 5.75 Å². The van der Waals surface area contributed by atoms with E-state index in [9.17, 15) is 0 Å². The minimum absolute atomic E-state index is 0.635. The molecule has 5 heteroatoms. The fraction of sp³-hybridized carbons (Fsp3) is 0.500. The van der Waals surface area contributed by atoms with Crippen molar-refractivity contribution in [3.05, 3.63) is 21.8 Å². The van der Waals surface area contributed by atoms with E-state index in [1.54, 1.807) is 7.11 Å². The van der Waals surface area contributed by atoms with Gasteiger partial charge in [-0.05, 0) is 40.8 Å². The molecule has 0 spiro atoms. The maximum Gasteiger partial charge on any atom is 0.132 e. The summed E-state index contributed by atoms with van der Waals surface area (Å²) in [4.78, 5) is 0. The highest BCUT2D eigenvalue weighted by Gasteiger charge is 2.00. The second-order valence-corrected chi connectivity index (χ2v) is 4.66. The van der Waals surface area contributed by atoms with Crippen LogP contribution in [0.15, 0.2) is 18.2 Å². The van der Waals surface area contributed by atoms with Crippen LogP contribution < -0.4 is 10.5 Å². The van der Waals surface area contributed by atoms with Gasteiger partial charge in [0.25, 0.3) is 0 Å². The summed E-state index contributed by atoms with van der Waals surface area (Å²) in [5.74, 6) is 0.872. The van der Waals surface area contributed by atoms with Crippen molar-refractivity contribution in [3.63, 3.8) is 0 Å². The van der Waals surface area contributed by atoms with Crippen molar-refractivity contribution >= 4 is 28.3 Å². The Labute approximate surface area is 116 Å². The first-order chi connectivity index (χ1) is 8.24. The van der Waals surface area contributed by atoms with Crippen molar-refractivity contribution in [2.75, 3.05) is 39.3 Å². The number of benzene rings is 1. The van der Waals surface area contributed by atoms with Crippen LogP contribution in [0, 0.1) is 3.57 Å². The van der Waals surface area contributed by atoms with Crippen LogP contribution in [-0.2, 0) is 9.47 Å². The molecule has 0 aliphatic heterocycles. The standard InChI is InChI=1S/C12H18INO3/c1-15-7-8-16-5-2-6-17-12-4-3-10(14)9-11(12)13/h3-4,9H,2,5-8,14H2,1H3. The Hall–Kier alpha value is -0.530. The fourth-order valence-corrected chi connectivity index (χ4v) is 1.92. The molecule has 0 unspecified atom stereocenters. The molecular formula is C12H18INO3. The Morgan fingerprint density at radius 2 is 2.00 bits per heavy atom. The van der Waals surface area contributed by atoms with Gasteiger partial charge in [-0.15, -0.1) is 0 Å². The fourth-order valence-electron chi connectivity index (χ4n) is 1.22. The number of nitrogens with two attached hydrogens (primary N) is 1.